The van der Waals surface area contributed by atoms with Crippen molar-refractivity contribution in [3.63, 3.8) is 0 Å². The Bertz CT molecular complexity index is 1070. The van der Waals surface area contributed by atoms with Crippen LogP contribution in [-0.4, -0.2) is 25.0 Å². The van der Waals surface area contributed by atoms with Crippen LogP contribution in [0, 0.1) is 5.41 Å². The summed E-state index contributed by atoms with van der Waals surface area (Å²) in [5.74, 6) is -0.644. The van der Waals surface area contributed by atoms with Gasteiger partial charge in [-0.15, -0.1) is 0 Å². The van der Waals surface area contributed by atoms with Crippen molar-refractivity contribution in [3.8, 4) is 28.7 Å². The summed E-state index contributed by atoms with van der Waals surface area (Å²) in [5.41, 5.74) is 1.93. The molecule has 0 spiro atoms. The van der Waals surface area contributed by atoms with E-state index in [-0.39, 0.29) is 22.7 Å². The highest BCUT2D eigenvalue weighted by atomic mass is 19.4. The first-order chi connectivity index (χ1) is 13.6. The number of phenolic OH excluding ortho intramolecular Hbond substituents is 1. The van der Waals surface area contributed by atoms with Gasteiger partial charge in [-0.05, 0) is 49.8 Å². The fourth-order valence-corrected chi connectivity index (χ4v) is 3.77. The van der Waals surface area contributed by atoms with Gasteiger partial charge in [-0.3, -0.25) is 4.68 Å². The van der Waals surface area contributed by atoms with Crippen LogP contribution in [0.2, 0.25) is 0 Å². The monoisotopic (exact) mass is 406 g/mol. The number of halogens is 3. The number of phenols is 1. The Morgan fingerprint density at radius 3 is 2.72 bits per heavy atom. The first-order valence-corrected chi connectivity index (χ1v) is 9.42. The third-order valence-corrected chi connectivity index (χ3v) is 5.35. The molecule has 3 aromatic rings. The fourth-order valence-electron chi connectivity index (χ4n) is 3.77. The van der Waals surface area contributed by atoms with Crippen molar-refractivity contribution in [3.05, 3.63) is 35.0 Å². The lowest BCUT2D eigenvalue weighted by atomic mass is 9.76. The molecule has 0 amide bonds. The van der Waals surface area contributed by atoms with Gasteiger partial charge in [0.05, 0.1) is 5.56 Å². The molecule has 0 saturated carbocycles. The number of alkyl halides is 3. The normalized spacial score (nSPS) is 16.1. The molecule has 1 N–H and O–H groups in total. The van der Waals surface area contributed by atoms with E-state index in [0.717, 1.165) is 42.7 Å². The minimum atomic E-state index is -4.68. The Labute approximate surface area is 165 Å². The van der Waals surface area contributed by atoms with E-state index in [1.54, 1.807) is 0 Å². The molecule has 0 saturated heterocycles. The lowest BCUT2D eigenvalue weighted by molar-refractivity contribution is -0.138. The first-order valence-electron chi connectivity index (χ1n) is 9.42. The minimum Gasteiger partial charge on any atom is -0.507 e. The number of fused-ring (bicyclic) bond motifs is 1. The molecule has 2 heterocycles. The van der Waals surface area contributed by atoms with E-state index in [0.29, 0.717) is 12.2 Å². The molecule has 2 aromatic heterocycles. The zero-order valence-corrected chi connectivity index (χ0v) is 16.3. The van der Waals surface area contributed by atoms with Gasteiger partial charge in [0.15, 0.2) is 5.69 Å². The smallest absolute Gasteiger partial charge is 0.419 e. The van der Waals surface area contributed by atoms with Gasteiger partial charge in [-0.1, -0.05) is 19.0 Å². The molecular weight excluding hydrogens is 385 g/mol. The quantitative estimate of drug-likeness (QED) is 0.672. The lowest BCUT2D eigenvalue weighted by Gasteiger charge is -2.30. The van der Waals surface area contributed by atoms with Crippen LogP contribution >= 0.6 is 0 Å². The maximum atomic E-state index is 13.1. The van der Waals surface area contributed by atoms with Gasteiger partial charge in [-0.25, -0.2) is 0 Å². The van der Waals surface area contributed by atoms with Crippen molar-refractivity contribution in [1.29, 1.82) is 0 Å². The average Bonchev–Trinajstić information content (AvgIpc) is 3.24. The summed E-state index contributed by atoms with van der Waals surface area (Å²) in [6.45, 7) is 7.15. The Morgan fingerprint density at radius 1 is 1.28 bits per heavy atom. The first kappa shape index (κ1) is 19.5. The van der Waals surface area contributed by atoms with Crippen LogP contribution in [0.15, 0.2) is 22.7 Å². The minimum absolute atomic E-state index is 0.0152. The molecule has 0 aliphatic heterocycles. The molecule has 0 bridgehead atoms. The number of aryl methyl sites for hydroxylation is 1. The number of benzene rings is 1. The van der Waals surface area contributed by atoms with E-state index in [2.05, 4.69) is 29.1 Å². The molecule has 6 nitrogen and oxygen atoms in total. The van der Waals surface area contributed by atoms with E-state index >= 15 is 0 Å². The van der Waals surface area contributed by atoms with E-state index in [1.807, 2.05) is 11.6 Å². The van der Waals surface area contributed by atoms with Crippen molar-refractivity contribution in [1.82, 2.24) is 19.9 Å². The fraction of sp³-hybridized carbons (Fsp3) is 0.450. The van der Waals surface area contributed by atoms with Crippen LogP contribution in [-0.2, 0) is 25.6 Å². The van der Waals surface area contributed by atoms with Crippen LogP contribution in [0.4, 0.5) is 13.2 Å². The summed E-state index contributed by atoms with van der Waals surface area (Å²) in [6, 6.07) is 3.11. The van der Waals surface area contributed by atoms with Gasteiger partial charge in [0.2, 0.25) is 5.82 Å². The molecule has 4 rings (SSSR count). The van der Waals surface area contributed by atoms with Gasteiger partial charge in [-0.2, -0.15) is 23.3 Å². The second-order valence-electron chi connectivity index (χ2n) is 8.08. The molecular formula is C20H21F3N4O2. The summed E-state index contributed by atoms with van der Waals surface area (Å²) in [5, 5.41) is 18.0. The van der Waals surface area contributed by atoms with E-state index in [1.165, 1.54) is 6.07 Å². The number of nitrogens with zero attached hydrogens (tertiary/aromatic N) is 4. The van der Waals surface area contributed by atoms with Crippen LogP contribution < -0.4 is 0 Å². The Hall–Kier alpha value is -2.84. The second kappa shape index (κ2) is 6.60. The maximum Gasteiger partial charge on any atom is 0.419 e. The summed E-state index contributed by atoms with van der Waals surface area (Å²) in [7, 11) is 0. The van der Waals surface area contributed by atoms with E-state index in [9.17, 15) is 18.3 Å². The maximum absolute atomic E-state index is 13.1. The van der Waals surface area contributed by atoms with E-state index in [4.69, 9.17) is 4.52 Å². The highest BCUT2D eigenvalue weighted by Gasteiger charge is 2.35. The molecule has 1 aliphatic rings. The zero-order valence-electron chi connectivity index (χ0n) is 16.3. The standard InChI is InChI=1S/C20H21F3N4O2/c1-4-27-14-10-19(2,3)8-7-12(14)16(25-27)18-24-17(26-29-18)11-5-6-15(28)13(9-11)20(21,22)23/h5-6,9,28H,4,7-8,10H2,1-3H3. The third-order valence-electron chi connectivity index (χ3n) is 5.35. The Morgan fingerprint density at radius 2 is 2.03 bits per heavy atom. The largest absolute Gasteiger partial charge is 0.507 e. The molecule has 9 heteroatoms. The summed E-state index contributed by atoms with van der Waals surface area (Å²) >= 11 is 0. The number of hydrogen-bond donors (Lipinski definition) is 1. The summed E-state index contributed by atoms with van der Waals surface area (Å²) < 4.78 is 46.5. The van der Waals surface area contributed by atoms with Crippen LogP contribution in [0.3, 0.4) is 0 Å². The van der Waals surface area contributed by atoms with Crippen molar-refractivity contribution in [2.75, 3.05) is 0 Å². The molecule has 0 unspecified atom stereocenters. The van der Waals surface area contributed by atoms with Crippen molar-refractivity contribution >= 4 is 0 Å². The SMILES string of the molecule is CCn1nc(-c2nc(-c3ccc(O)c(C(F)(F)F)c3)no2)c2c1CC(C)(C)CC2. The Kier molecular flexibility index (Phi) is 4.43. The van der Waals surface area contributed by atoms with Crippen LogP contribution in [0.5, 0.6) is 5.75 Å². The topological polar surface area (TPSA) is 77.0 Å². The number of aromatic nitrogens is 4. The molecule has 1 aliphatic carbocycles. The van der Waals surface area contributed by atoms with Crippen molar-refractivity contribution in [2.45, 2.75) is 52.8 Å². The predicted octanol–water partition coefficient (Wildman–Crippen LogP) is 4.86. The highest BCUT2D eigenvalue weighted by Crippen LogP contribution is 2.40. The third kappa shape index (κ3) is 3.49. The molecule has 0 fully saturated rings. The second-order valence-corrected chi connectivity index (χ2v) is 8.08. The molecule has 0 atom stereocenters. The zero-order chi connectivity index (χ0) is 21.0. The molecule has 29 heavy (non-hydrogen) atoms. The highest BCUT2D eigenvalue weighted by molar-refractivity contribution is 5.63. The van der Waals surface area contributed by atoms with Gasteiger partial charge in [0.1, 0.15) is 5.75 Å². The van der Waals surface area contributed by atoms with Crippen LogP contribution in [0.1, 0.15) is 44.0 Å². The Balaban J connectivity index is 1.74. The van der Waals surface area contributed by atoms with Gasteiger partial charge >= 0.3 is 6.18 Å². The van der Waals surface area contributed by atoms with Crippen molar-refractivity contribution in [2.24, 2.45) is 5.41 Å². The lowest BCUT2D eigenvalue weighted by Crippen LogP contribution is -2.24. The van der Waals surface area contributed by atoms with Gasteiger partial charge in [0, 0.05) is 23.4 Å². The molecule has 1 aromatic carbocycles. The number of aromatic hydroxyl groups is 1. The summed E-state index contributed by atoms with van der Waals surface area (Å²) in [6.07, 6.45) is -1.97. The molecule has 0 radical (unpaired) electrons. The van der Waals surface area contributed by atoms with E-state index < -0.39 is 17.5 Å². The van der Waals surface area contributed by atoms with Gasteiger partial charge < -0.3 is 9.63 Å². The predicted molar refractivity (Wildman–Crippen MR) is 99.1 cm³/mol. The average molecular weight is 406 g/mol. The molecule has 154 valence electrons. The summed E-state index contributed by atoms with van der Waals surface area (Å²) in [4.78, 5) is 4.29. The van der Waals surface area contributed by atoms with Crippen molar-refractivity contribution < 1.29 is 22.8 Å². The number of hydrogen-bond acceptors (Lipinski definition) is 5. The van der Waals surface area contributed by atoms with Crippen LogP contribution in [0.25, 0.3) is 23.0 Å². The van der Waals surface area contributed by atoms with Gasteiger partial charge in [0.25, 0.3) is 5.89 Å². The number of rotatable bonds is 3.